The summed E-state index contributed by atoms with van der Waals surface area (Å²) in [6.45, 7) is 5.94. The topological polar surface area (TPSA) is 56.5 Å². The van der Waals surface area contributed by atoms with E-state index >= 15 is 0 Å². The normalized spacial score (nSPS) is 17.2. The summed E-state index contributed by atoms with van der Waals surface area (Å²) in [7, 11) is 0. The van der Waals surface area contributed by atoms with Gasteiger partial charge in [-0.05, 0) is 74.5 Å². The molecular formula is C26H34N2O2. The summed E-state index contributed by atoms with van der Waals surface area (Å²) in [5.74, 6) is 1.13. The highest BCUT2D eigenvalue weighted by Gasteiger charge is 2.39. The van der Waals surface area contributed by atoms with E-state index in [0.29, 0.717) is 18.1 Å². The van der Waals surface area contributed by atoms with Gasteiger partial charge in [-0.1, -0.05) is 50.1 Å². The minimum Gasteiger partial charge on any atom is -0.494 e. The Bertz CT molecular complexity index is 792. The molecule has 4 nitrogen and oxygen atoms in total. The number of rotatable bonds is 10. The van der Waals surface area contributed by atoms with Gasteiger partial charge in [-0.2, -0.15) is 5.26 Å². The van der Waals surface area contributed by atoms with Crippen LogP contribution >= 0.6 is 0 Å². The van der Waals surface area contributed by atoms with Crippen LogP contribution in [-0.4, -0.2) is 36.2 Å². The number of nitrogens with zero attached hydrogens (tertiary/aromatic N) is 2. The molecule has 1 aliphatic rings. The number of hydrogen-bond donors (Lipinski definition) is 1. The lowest BCUT2D eigenvalue weighted by Gasteiger charge is -2.42. The standard InChI is InChI=1S/C26H34N2O2/c1-2-3-16-26(29,23-8-5-4-6-9-23)24-14-18-28(19-15-24)17-7-20-30-25-12-10-22(21-27)11-13-25/h4-6,8-13,24,29H,2-3,7,14-20H2,1H3/t26-/m0/s1. The first-order valence-electron chi connectivity index (χ1n) is 11.3. The Labute approximate surface area is 181 Å². The molecule has 0 radical (unpaired) electrons. The van der Waals surface area contributed by atoms with Gasteiger partial charge in [0.25, 0.3) is 0 Å². The van der Waals surface area contributed by atoms with Gasteiger partial charge in [0.1, 0.15) is 5.75 Å². The van der Waals surface area contributed by atoms with Crippen LogP contribution < -0.4 is 4.74 Å². The second kappa shape index (κ2) is 11.2. The minimum absolute atomic E-state index is 0.317. The van der Waals surface area contributed by atoms with Crippen molar-refractivity contribution >= 4 is 0 Å². The molecule has 0 bridgehead atoms. The van der Waals surface area contributed by atoms with Crippen molar-refractivity contribution in [2.75, 3.05) is 26.2 Å². The maximum atomic E-state index is 11.6. The van der Waals surface area contributed by atoms with Gasteiger partial charge in [-0.25, -0.2) is 0 Å². The van der Waals surface area contributed by atoms with Crippen molar-refractivity contribution < 1.29 is 9.84 Å². The van der Waals surface area contributed by atoms with Gasteiger partial charge < -0.3 is 14.7 Å². The average molecular weight is 407 g/mol. The van der Waals surface area contributed by atoms with Gasteiger partial charge in [-0.15, -0.1) is 0 Å². The molecule has 0 amide bonds. The van der Waals surface area contributed by atoms with E-state index in [9.17, 15) is 5.11 Å². The maximum Gasteiger partial charge on any atom is 0.119 e. The number of nitriles is 1. The number of hydrogen-bond acceptors (Lipinski definition) is 4. The predicted octanol–water partition coefficient (Wildman–Crippen LogP) is 5.12. The molecule has 2 aromatic rings. The van der Waals surface area contributed by atoms with Gasteiger partial charge >= 0.3 is 0 Å². The van der Waals surface area contributed by atoms with Crippen molar-refractivity contribution in [3.63, 3.8) is 0 Å². The van der Waals surface area contributed by atoms with E-state index in [1.807, 2.05) is 30.3 Å². The highest BCUT2D eigenvalue weighted by molar-refractivity contribution is 5.34. The maximum absolute atomic E-state index is 11.6. The van der Waals surface area contributed by atoms with Crippen molar-refractivity contribution in [3.8, 4) is 11.8 Å². The fraction of sp³-hybridized carbons (Fsp3) is 0.500. The van der Waals surface area contributed by atoms with E-state index in [1.54, 1.807) is 12.1 Å². The molecule has 0 saturated carbocycles. The van der Waals surface area contributed by atoms with Crippen LogP contribution in [0.1, 0.15) is 56.6 Å². The van der Waals surface area contributed by atoms with E-state index < -0.39 is 5.60 Å². The summed E-state index contributed by atoms with van der Waals surface area (Å²) in [6.07, 6.45) is 6.04. The Kier molecular flexibility index (Phi) is 8.30. The fourth-order valence-electron chi connectivity index (χ4n) is 4.50. The molecular weight excluding hydrogens is 372 g/mol. The van der Waals surface area contributed by atoms with E-state index in [2.05, 4.69) is 30.0 Å². The Morgan fingerprint density at radius 1 is 1.07 bits per heavy atom. The van der Waals surface area contributed by atoms with Crippen molar-refractivity contribution in [1.82, 2.24) is 4.90 Å². The van der Waals surface area contributed by atoms with Gasteiger partial charge in [0.15, 0.2) is 0 Å². The number of benzene rings is 2. The SMILES string of the molecule is CCCC[C@](O)(c1ccccc1)C1CCN(CCCOc2ccc(C#N)cc2)CC1. The lowest BCUT2D eigenvalue weighted by molar-refractivity contribution is -0.0571. The molecule has 1 N–H and O–H groups in total. The Hall–Kier alpha value is -2.35. The Morgan fingerprint density at radius 2 is 1.77 bits per heavy atom. The third kappa shape index (κ3) is 5.84. The Morgan fingerprint density at radius 3 is 2.40 bits per heavy atom. The molecule has 160 valence electrons. The van der Waals surface area contributed by atoms with Crippen LogP contribution in [0.5, 0.6) is 5.75 Å². The van der Waals surface area contributed by atoms with Gasteiger partial charge in [0.05, 0.1) is 23.8 Å². The third-order valence-electron chi connectivity index (χ3n) is 6.32. The van der Waals surface area contributed by atoms with Crippen LogP contribution in [0.15, 0.2) is 54.6 Å². The molecule has 0 aromatic heterocycles. The molecule has 0 aliphatic carbocycles. The monoisotopic (exact) mass is 406 g/mol. The van der Waals surface area contributed by atoms with Crippen molar-refractivity contribution in [1.29, 1.82) is 5.26 Å². The van der Waals surface area contributed by atoms with Crippen LogP contribution in [0.2, 0.25) is 0 Å². The quantitative estimate of drug-likeness (QED) is 0.557. The number of aliphatic hydroxyl groups is 1. The van der Waals surface area contributed by atoms with Gasteiger partial charge in [0, 0.05) is 6.54 Å². The van der Waals surface area contributed by atoms with Crippen molar-refractivity contribution in [2.24, 2.45) is 5.92 Å². The molecule has 3 rings (SSSR count). The number of unbranched alkanes of at least 4 members (excludes halogenated alkanes) is 1. The van der Waals surface area contributed by atoms with E-state index in [-0.39, 0.29) is 0 Å². The molecule has 4 heteroatoms. The fourth-order valence-corrected chi connectivity index (χ4v) is 4.50. The molecule has 1 heterocycles. The smallest absolute Gasteiger partial charge is 0.119 e. The molecule has 2 aromatic carbocycles. The lowest BCUT2D eigenvalue weighted by atomic mass is 9.73. The van der Waals surface area contributed by atoms with Crippen LogP contribution in [0.3, 0.4) is 0 Å². The largest absolute Gasteiger partial charge is 0.494 e. The second-order valence-electron chi connectivity index (χ2n) is 8.35. The first kappa shape index (κ1) is 22.3. The van der Waals surface area contributed by atoms with Crippen LogP contribution in [-0.2, 0) is 5.60 Å². The third-order valence-corrected chi connectivity index (χ3v) is 6.32. The molecule has 1 aliphatic heterocycles. The summed E-state index contributed by atoms with van der Waals surface area (Å²) in [5, 5.41) is 20.5. The van der Waals surface area contributed by atoms with Gasteiger partial charge in [-0.3, -0.25) is 0 Å². The molecule has 1 saturated heterocycles. The predicted molar refractivity (Wildman–Crippen MR) is 120 cm³/mol. The number of ether oxygens (including phenoxy) is 1. The summed E-state index contributed by atoms with van der Waals surface area (Å²) in [5.41, 5.74) is 1.02. The van der Waals surface area contributed by atoms with E-state index in [4.69, 9.17) is 10.00 Å². The van der Waals surface area contributed by atoms with E-state index in [0.717, 1.165) is 69.5 Å². The van der Waals surface area contributed by atoms with Gasteiger partial charge in [0.2, 0.25) is 0 Å². The summed E-state index contributed by atoms with van der Waals surface area (Å²) in [4.78, 5) is 2.49. The highest BCUT2D eigenvalue weighted by Crippen LogP contribution is 2.40. The minimum atomic E-state index is -0.706. The van der Waals surface area contributed by atoms with Crippen molar-refractivity contribution in [2.45, 2.75) is 51.0 Å². The van der Waals surface area contributed by atoms with E-state index in [1.165, 1.54) is 0 Å². The summed E-state index contributed by atoms with van der Waals surface area (Å²) >= 11 is 0. The average Bonchev–Trinajstić information content (AvgIpc) is 2.81. The molecule has 1 atom stereocenters. The number of piperidine rings is 1. The molecule has 30 heavy (non-hydrogen) atoms. The molecule has 1 fully saturated rings. The lowest BCUT2D eigenvalue weighted by Crippen LogP contribution is -2.44. The second-order valence-corrected chi connectivity index (χ2v) is 8.35. The van der Waals surface area contributed by atoms with Crippen LogP contribution in [0.25, 0.3) is 0 Å². The summed E-state index contributed by atoms with van der Waals surface area (Å²) < 4.78 is 5.80. The Balaban J connectivity index is 1.45. The first-order chi connectivity index (χ1) is 14.7. The van der Waals surface area contributed by atoms with Crippen LogP contribution in [0, 0.1) is 17.2 Å². The van der Waals surface area contributed by atoms with Crippen LogP contribution in [0.4, 0.5) is 0 Å². The zero-order valence-corrected chi connectivity index (χ0v) is 18.1. The zero-order valence-electron chi connectivity index (χ0n) is 18.1. The highest BCUT2D eigenvalue weighted by atomic mass is 16.5. The molecule has 0 unspecified atom stereocenters. The zero-order chi connectivity index (χ0) is 21.2. The van der Waals surface area contributed by atoms with Crippen molar-refractivity contribution in [3.05, 3.63) is 65.7 Å². The first-order valence-corrected chi connectivity index (χ1v) is 11.3. The number of likely N-dealkylation sites (tertiary alicyclic amines) is 1. The summed E-state index contributed by atoms with van der Waals surface area (Å²) in [6, 6.07) is 19.7. The molecule has 0 spiro atoms.